The highest BCUT2D eigenvalue weighted by molar-refractivity contribution is 5.81. The van der Waals surface area contributed by atoms with E-state index in [0.717, 1.165) is 68.3 Å². The standard InChI is InChI=1S/C25H34N3O3/c1-28(18-14-23-26-15-8-16-27-23)17-7-13-22(28)19-31-24(29)25(30,21-11-5-6-12-21)20-9-3-2-4-10-20/h2-4,8-10,15-16,21-22,30H,5-7,11-14,17-19H2,1H3/q+1. The zero-order valence-corrected chi connectivity index (χ0v) is 18.4. The van der Waals surface area contributed by atoms with Crippen molar-refractivity contribution in [1.29, 1.82) is 0 Å². The van der Waals surface area contributed by atoms with Crippen molar-refractivity contribution in [2.24, 2.45) is 5.92 Å². The third-order valence-electron chi connectivity index (χ3n) is 7.43. The lowest BCUT2D eigenvalue weighted by molar-refractivity contribution is -0.921. The van der Waals surface area contributed by atoms with Crippen molar-refractivity contribution in [2.75, 3.05) is 26.7 Å². The second kappa shape index (κ2) is 9.45. The predicted molar refractivity (Wildman–Crippen MR) is 118 cm³/mol. The molecule has 2 heterocycles. The summed E-state index contributed by atoms with van der Waals surface area (Å²) in [6.45, 7) is 2.31. The first-order valence-electron chi connectivity index (χ1n) is 11.6. The van der Waals surface area contributed by atoms with Crippen LogP contribution in [0.15, 0.2) is 48.8 Å². The highest BCUT2D eigenvalue weighted by Gasteiger charge is 2.48. The van der Waals surface area contributed by atoms with Crippen molar-refractivity contribution >= 4 is 5.97 Å². The van der Waals surface area contributed by atoms with Crippen LogP contribution < -0.4 is 0 Å². The van der Waals surface area contributed by atoms with Crippen LogP contribution in [0.25, 0.3) is 0 Å². The minimum atomic E-state index is -1.56. The van der Waals surface area contributed by atoms with Crippen molar-refractivity contribution in [3.63, 3.8) is 0 Å². The molecule has 0 amide bonds. The van der Waals surface area contributed by atoms with E-state index in [1.807, 2.05) is 36.4 Å². The Hall–Kier alpha value is -2.31. The van der Waals surface area contributed by atoms with Crippen molar-refractivity contribution in [3.8, 4) is 0 Å². The van der Waals surface area contributed by atoms with Gasteiger partial charge in [-0.25, -0.2) is 14.8 Å². The Morgan fingerprint density at radius 1 is 1.10 bits per heavy atom. The van der Waals surface area contributed by atoms with Gasteiger partial charge in [0.15, 0.2) is 5.60 Å². The van der Waals surface area contributed by atoms with Gasteiger partial charge in [0.25, 0.3) is 0 Å². The number of likely N-dealkylation sites (N-methyl/N-ethyl adjacent to an activating group) is 1. The number of rotatable bonds is 8. The van der Waals surface area contributed by atoms with Crippen LogP contribution in [0.2, 0.25) is 0 Å². The topological polar surface area (TPSA) is 72.3 Å². The summed E-state index contributed by atoms with van der Waals surface area (Å²) in [6, 6.07) is 11.4. The number of aromatic nitrogens is 2. The van der Waals surface area contributed by atoms with Gasteiger partial charge in [-0.1, -0.05) is 43.2 Å². The molecule has 2 fully saturated rings. The molecule has 1 saturated carbocycles. The van der Waals surface area contributed by atoms with E-state index in [2.05, 4.69) is 17.0 Å². The number of carbonyl (C=O) groups excluding carboxylic acids is 1. The predicted octanol–water partition coefficient (Wildman–Crippen LogP) is 3.25. The smallest absolute Gasteiger partial charge is 0.343 e. The fraction of sp³-hybridized carbons (Fsp3) is 0.560. The number of esters is 1. The maximum absolute atomic E-state index is 13.3. The maximum Gasteiger partial charge on any atom is 0.343 e. The number of nitrogens with zero attached hydrogens (tertiary/aromatic N) is 3. The molecule has 0 spiro atoms. The lowest BCUT2D eigenvalue weighted by Crippen LogP contribution is -2.52. The molecule has 6 heteroatoms. The second-order valence-electron chi connectivity index (χ2n) is 9.35. The number of benzene rings is 1. The van der Waals surface area contributed by atoms with E-state index in [9.17, 15) is 9.90 Å². The van der Waals surface area contributed by atoms with E-state index in [1.54, 1.807) is 12.4 Å². The van der Waals surface area contributed by atoms with Crippen molar-refractivity contribution in [2.45, 2.75) is 56.6 Å². The summed E-state index contributed by atoms with van der Waals surface area (Å²) in [7, 11) is 2.23. The summed E-state index contributed by atoms with van der Waals surface area (Å²) in [5.41, 5.74) is -0.908. The molecule has 1 aliphatic heterocycles. The molecule has 2 aromatic rings. The molecule has 2 aliphatic rings. The molecule has 4 rings (SSSR count). The molecule has 3 unspecified atom stereocenters. The summed E-state index contributed by atoms with van der Waals surface area (Å²) in [4.78, 5) is 22.0. The molecule has 1 aromatic heterocycles. The van der Waals surface area contributed by atoms with Crippen LogP contribution >= 0.6 is 0 Å². The summed E-state index contributed by atoms with van der Waals surface area (Å²) in [5.74, 6) is 0.279. The number of quaternary nitrogens is 1. The third kappa shape index (κ3) is 4.65. The zero-order chi connectivity index (χ0) is 21.7. The Bertz CT molecular complexity index is 857. The van der Waals surface area contributed by atoms with Gasteiger partial charge in [-0.05, 0) is 24.5 Å². The first-order valence-corrected chi connectivity index (χ1v) is 11.6. The number of hydrogen-bond acceptors (Lipinski definition) is 5. The molecule has 1 aromatic carbocycles. The fourth-order valence-electron chi connectivity index (χ4n) is 5.39. The molecular weight excluding hydrogens is 390 g/mol. The Morgan fingerprint density at radius 2 is 1.81 bits per heavy atom. The van der Waals surface area contributed by atoms with Gasteiger partial charge in [0.2, 0.25) is 0 Å². The number of likely N-dealkylation sites (tertiary alicyclic amines) is 1. The van der Waals surface area contributed by atoms with Crippen LogP contribution in [0.1, 0.15) is 49.9 Å². The van der Waals surface area contributed by atoms with E-state index in [1.165, 1.54) is 0 Å². The molecule has 0 radical (unpaired) electrons. The van der Waals surface area contributed by atoms with Crippen LogP contribution in [0, 0.1) is 5.92 Å². The molecule has 1 saturated heterocycles. The molecule has 3 atom stereocenters. The van der Waals surface area contributed by atoms with Gasteiger partial charge in [-0.2, -0.15) is 0 Å². The molecule has 166 valence electrons. The molecule has 0 bridgehead atoms. The summed E-state index contributed by atoms with van der Waals surface area (Å²) < 4.78 is 6.72. The van der Waals surface area contributed by atoms with Gasteiger partial charge in [0.1, 0.15) is 18.5 Å². The lowest BCUT2D eigenvalue weighted by Gasteiger charge is -2.37. The average Bonchev–Trinajstić information content (AvgIpc) is 3.48. The van der Waals surface area contributed by atoms with Gasteiger partial charge in [0.05, 0.1) is 26.6 Å². The monoisotopic (exact) mass is 424 g/mol. The molecule has 31 heavy (non-hydrogen) atoms. The quantitative estimate of drug-likeness (QED) is 0.520. The van der Waals surface area contributed by atoms with Crippen LogP contribution in [0.5, 0.6) is 0 Å². The minimum Gasteiger partial charge on any atom is -0.457 e. The van der Waals surface area contributed by atoms with Crippen molar-refractivity contribution in [3.05, 3.63) is 60.2 Å². The maximum atomic E-state index is 13.3. The van der Waals surface area contributed by atoms with Crippen molar-refractivity contribution < 1.29 is 19.1 Å². The average molecular weight is 425 g/mol. The minimum absolute atomic E-state index is 0.0814. The Morgan fingerprint density at radius 3 is 2.52 bits per heavy atom. The molecule has 1 N–H and O–H groups in total. The van der Waals surface area contributed by atoms with Gasteiger partial charge in [-0.15, -0.1) is 0 Å². The second-order valence-corrected chi connectivity index (χ2v) is 9.35. The molecule has 6 nitrogen and oxygen atoms in total. The van der Waals surface area contributed by atoms with Crippen LogP contribution in [-0.2, 0) is 21.6 Å². The van der Waals surface area contributed by atoms with Gasteiger partial charge in [-0.3, -0.25) is 0 Å². The number of hydrogen-bond donors (Lipinski definition) is 1. The number of aliphatic hydroxyl groups is 1. The van der Waals surface area contributed by atoms with E-state index < -0.39 is 11.6 Å². The number of ether oxygens (including phenoxy) is 1. The Balaban J connectivity index is 1.43. The molecule has 1 aliphatic carbocycles. The highest BCUT2D eigenvalue weighted by atomic mass is 16.6. The van der Waals surface area contributed by atoms with Gasteiger partial charge in [0, 0.05) is 31.2 Å². The SMILES string of the molecule is C[N+]1(CCc2ncccn2)CCCC1COC(=O)C(O)(c1ccccc1)C1CCCC1. The van der Waals surface area contributed by atoms with E-state index in [0.29, 0.717) is 12.2 Å². The van der Waals surface area contributed by atoms with Crippen molar-refractivity contribution in [1.82, 2.24) is 9.97 Å². The first kappa shape index (κ1) is 21.9. The van der Waals surface area contributed by atoms with E-state index in [4.69, 9.17) is 4.74 Å². The Kier molecular flexibility index (Phi) is 6.68. The van der Waals surface area contributed by atoms with E-state index in [-0.39, 0.29) is 12.0 Å². The van der Waals surface area contributed by atoms with E-state index >= 15 is 0 Å². The third-order valence-corrected chi connectivity index (χ3v) is 7.43. The largest absolute Gasteiger partial charge is 0.457 e. The van der Waals surface area contributed by atoms with Gasteiger partial charge >= 0.3 is 5.97 Å². The zero-order valence-electron chi connectivity index (χ0n) is 18.4. The highest BCUT2D eigenvalue weighted by Crippen LogP contribution is 2.41. The van der Waals surface area contributed by atoms with Crippen LogP contribution in [0.4, 0.5) is 0 Å². The summed E-state index contributed by atoms with van der Waals surface area (Å²) in [5, 5.41) is 11.6. The molecular formula is C25H34N3O3+. The van der Waals surface area contributed by atoms with Crippen LogP contribution in [-0.4, -0.2) is 58.3 Å². The summed E-state index contributed by atoms with van der Waals surface area (Å²) >= 11 is 0. The fourth-order valence-corrected chi connectivity index (χ4v) is 5.39. The normalized spacial score (nSPS) is 25.9. The lowest BCUT2D eigenvalue weighted by atomic mass is 9.80. The number of carbonyl (C=O) groups is 1. The van der Waals surface area contributed by atoms with Gasteiger partial charge < -0.3 is 14.3 Å². The first-order chi connectivity index (χ1) is 15.0. The van der Waals surface area contributed by atoms with Crippen LogP contribution in [0.3, 0.4) is 0 Å². The summed E-state index contributed by atoms with van der Waals surface area (Å²) in [6.07, 6.45) is 10.3. The Labute approximate surface area is 184 Å².